The standard InChI is InChI=1S/C7H6Br2N2O2/c8-3-1-4-7(13)10-2-5(12)11(4)6(3)9/h1,5,12H,2H2,(H,10,13). The minimum absolute atomic E-state index is 0.170. The molecule has 1 unspecified atom stereocenters. The lowest BCUT2D eigenvalue weighted by molar-refractivity contribution is 0.0653. The summed E-state index contributed by atoms with van der Waals surface area (Å²) in [5, 5.41) is 12.1. The Morgan fingerprint density at radius 3 is 2.92 bits per heavy atom. The fraction of sp³-hybridized carbons (Fsp3) is 0.286. The number of fused-ring (bicyclic) bond motifs is 1. The highest BCUT2D eigenvalue weighted by Crippen LogP contribution is 2.31. The number of halogens is 2. The number of nitrogens with zero attached hydrogens (tertiary/aromatic N) is 1. The molecule has 0 saturated carbocycles. The quantitative estimate of drug-likeness (QED) is 0.758. The molecule has 0 bridgehead atoms. The predicted molar refractivity (Wildman–Crippen MR) is 53.4 cm³/mol. The molecule has 1 aromatic heterocycles. The first kappa shape index (κ1) is 9.23. The van der Waals surface area contributed by atoms with Gasteiger partial charge in [-0.3, -0.25) is 4.79 Å². The maximum Gasteiger partial charge on any atom is 0.268 e. The van der Waals surface area contributed by atoms with Gasteiger partial charge in [0.2, 0.25) is 0 Å². The fourth-order valence-corrected chi connectivity index (χ4v) is 2.25. The summed E-state index contributed by atoms with van der Waals surface area (Å²) in [6, 6.07) is 1.67. The van der Waals surface area contributed by atoms with Crippen molar-refractivity contribution in [2.45, 2.75) is 6.23 Å². The van der Waals surface area contributed by atoms with Gasteiger partial charge in [0.25, 0.3) is 5.91 Å². The van der Waals surface area contributed by atoms with Crippen LogP contribution in [-0.2, 0) is 0 Å². The first-order chi connectivity index (χ1) is 6.11. The van der Waals surface area contributed by atoms with Crippen molar-refractivity contribution < 1.29 is 9.90 Å². The molecule has 2 rings (SSSR count). The van der Waals surface area contributed by atoms with Gasteiger partial charge in [-0.1, -0.05) is 0 Å². The van der Waals surface area contributed by atoms with Crippen LogP contribution >= 0.6 is 31.9 Å². The van der Waals surface area contributed by atoms with Crippen LogP contribution in [0.15, 0.2) is 15.1 Å². The second-order valence-corrected chi connectivity index (χ2v) is 4.33. The van der Waals surface area contributed by atoms with Gasteiger partial charge in [0.15, 0.2) is 0 Å². The minimum Gasteiger partial charge on any atom is -0.371 e. The average Bonchev–Trinajstić information content (AvgIpc) is 2.38. The molecule has 0 spiro atoms. The minimum atomic E-state index is -0.701. The van der Waals surface area contributed by atoms with Crippen molar-refractivity contribution in [3.8, 4) is 0 Å². The van der Waals surface area contributed by atoms with Gasteiger partial charge < -0.3 is 15.0 Å². The van der Waals surface area contributed by atoms with Crippen LogP contribution in [0.3, 0.4) is 0 Å². The van der Waals surface area contributed by atoms with E-state index >= 15 is 0 Å². The van der Waals surface area contributed by atoms with Gasteiger partial charge in [-0.2, -0.15) is 0 Å². The Kier molecular flexibility index (Phi) is 2.21. The van der Waals surface area contributed by atoms with E-state index < -0.39 is 6.23 Å². The van der Waals surface area contributed by atoms with Crippen molar-refractivity contribution in [3.63, 3.8) is 0 Å². The number of aliphatic hydroxyl groups is 1. The van der Waals surface area contributed by atoms with Gasteiger partial charge in [0.1, 0.15) is 16.5 Å². The Bertz CT molecular complexity index is 375. The van der Waals surface area contributed by atoms with E-state index in [-0.39, 0.29) is 12.5 Å². The van der Waals surface area contributed by atoms with Crippen LogP contribution in [0, 0.1) is 0 Å². The van der Waals surface area contributed by atoms with Crippen LogP contribution in [0.5, 0.6) is 0 Å². The summed E-state index contributed by atoms with van der Waals surface area (Å²) in [5.41, 5.74) is 0.456. The third-order valence-corrected chi connectivity index (χ3v) is 3.85. The van der Waals surface area contributed by atoms with Crippen LogP contribution in [-0.4, -0.2) is 22.1 Å². The molecular formula is C7H6Br2N2O2. The topological polar surface area (TPSA) is 54.3 Å². The third-order valence-electron chi connectivity index (χ3n) is 1.91. The summed E-state index contributed by atoms with van der Waals surface area (Å²) < 4.78 is 2.99. The van der Waals surface area contributed by atoms with E-state index in [9.17, 15) is 9.90 Å². The average molecular weight is 310 g/mol. The second-order valence-electron chi connectivity index (χ2n) is 2.73. The maximum absolute atomic E-state index is 11.3. The van der Waals surface area contributed by atoms with Gasteiger partial charge >= 0.3 is 0 Å². The number of rotatable bonds is 0. The molecule has 2 N–H and O–H groups in total. The zero-order valence-electron chi connectivity index (χ0n) is 6.42. The molecule has 13 heavy (non-hydrogen) atoms. The van der Waals surface area contributed by atoms with Crippen molar-refractivity contribution in [3.05, 3.63) is 20.8 Å². The summed E-state index contributed by atoms with van der Waals surface area (Å²) in [5.74, 6) is -0.170. The van der Waals surface area contributed by atoms with E-state index in [2.05, 4.69) is 37.2 Å². The molecule has 2 heterocycles. The zero-order chi connectivity index (χ0) is 9.59. The molecule has 0 saturated heterocycles. The predicted octanol–water partition coefficient (Wildman–Crippen LogP) is 1.25. The number of carbonyl (C=O) groups excluding carboxylic acids is 1. The number of amides is 1. The number of nitrogens with one attached hydrogen (secondary N) is 1. The van der Waals surface area contributed by atoms with E-state index in [4.69, 9.17) is 0 Å². The van der Waals surface area contributed by atoms with Crippen molar-refractivity contribution in [2.24, 2.45) is 0 Å². The monoisotopic (exact) mass is 308 g/mol. The molecule has 1 aliphatic heterocycles. The molecule has 0 aromatic carbocycles. The van der Waals surface area contributed by atoms with Crippen LogP contribution in [0.4, 0.5) is 0 Å². The summed E-state index contributed by atoms with van der Waals surface area (Å²) in [4.78, 5) is 11.3. The number of aliphatic hydroxyl groups excluding tert-OH is 1. The molecule has 70 valence electrons. The second kappa shape index (κ2) is 3.11. The number of carbonyl (C=O) groups is 1. The van der Waals surface area contributed by atoms with Gasteiger partial charge in [-0.25, -0.2) is 0 Å². The Labute approximate surface area is 91.2 Å². The van der Waals surface area contributed by atoms with E-state index in [1.165, 1.54) is 0 Å². The Balaban J connectivity index is 2.63. The molecule has 4 nitrogen and oxygen atoms in total. The van der Waals surface area contributed by atoms with Crippen LogP contribution in [0.2, 0.25) is 0 Å². The van der Waals surface area contributed by atoms with E-state index in [0.29, 0.717) is 10.3 Å². The smallest absolute Gasteiger partial charge is 0.268 e. The SMILES string of the molecule is O=C1NCC(O)n2c1cc(Br)c2Br. The van der Waals surface area contributed by atoms with E-state index in [1.54, 1.807) is 10.6 Å². The number of hydrogen-bond acceptors (Lipinski definition) is 2. The summed E-state index contributed by atoms with van der Waals surface area (Å²) in [7, 11) is 0. The lowest BCUT2D eigenvalue weighted by atomic mass is 10.3. The van der Waals surface area contributed by atoms with E-state index in [0.717, 1.165) is 4.47 Å². The molecule has 1 atom stereocenters. The van der Waals surface area contributed by atoms with Gasteiger partial charge in [0, 0.05) is 0 Å². The highest BCUT2D eigenvalue weighted by molar-refractivity contribution is 9.13. The highest BCUT2D eigenvalue weighted by atomic mass is 79.9. The molecular weight excluding hydrogens is 304 g/mol. The molecule has 0 radical (unpaired) electrons. The molecule has 6 heteroatoms. The summed E-state index contributed by atoms with van der Waals surface area (Å²) >= 11 is 6.55. The van der Waals surface area contributed by atoms with Gasteiger partial charge in [-0.05, 0) is 37.9 Å². The van der Waals surface area contributed by atoms with Crippen molar-refractivity contribution in [1.29, 1.82) is 0 Å². The lowest BCUT2D eigenvalue weighted by Gasteiger charge is -2.22. The number of hydrogen-bond donors (Lipinski definition) is 2. The van der Waals surface area contributed by atoms with Crippen molar-refractivity contribution in [2.75, 3.05) is 6.54 Å². The summed E-state index contributed by atoms with van der Waals surface area (Å²) in [6.45, 7) is 0.242. The van der Waals surface area contributed by atoms with Crippen LogP contribution < -0.4 is 5.32 Å². The number of β-amino-alcohol motifs (C(OH)–C–C–N with tert-alkyl or cyclic N) is 1. The largest absolute Gasteiger partial charge is 0.371 e. The van der Waals surface area contributed by atoms with Crippen LogP contribution in [0.1, 0.15) is 16.7 Å². The Morgan fingerprint density at radius 1 is 1.62 bits per heavy atom. The molecule has 1 aliphatic rings. The maximum atomic E-state index is 11.3. The third kappa shape index (κ3) is 1.33. The molecule has 1 aromatic rings. The van der Waals surface area contributed by atoms with Crippen LogP contribution in [0.25, 0.3) is 0 Å². The molecule has 0 aliphatic carbocycles. The Hall–Kier alpha value is -0.330. The lowest BCUT2D eigenvalue weighted by Crippen LogP contribution is -2.38. The first-order valence-corrected chi connectivity index (χ1v) is 5.22. The van der Waals surface area contributed by atoms with Gasteiger partial charge in [-0.15, -0.1) is 0 Å². The zero-order valence-corrected chi connectivity index (χ0v) is 9.59. The first-order valence-electron chi connectivity index (χ1n) is 3.63. The number of aromatic nitrogens is 1. The normalized spacial score (nSPS) is 21.2. The molecule has 0 fully saturated rings. The van der Waals surface area contributed by atoms with Crippen molar-refractivity contribution in [1.82, 2.24) is 9.88 Å². The Morgan fingerprint density at radius 2 is 2.31 bits per heavy atom. The summed E-state index contributed by atoms with van der Waals surface area (Å²) in [6.07, 6.45) is -0.701. The van der Waals surface area contributed by atoms with Crippen molar-refractivity contribution >= 4 is 37.8 Å². The highest BCUT2D eigenvalue weighted by Gasteiger charge is 2.26. The molecule has 1 amide bonds. The van der Waals surface area contributed by atoms with Gasteiger partial charge in [0.05, 0.1) is 11.0 Å². The van der Waals surface area contributed by atoms with E-state index in [1.807, 2.05) is 0 Å². The fourth-order valence-electron chi connectivity index (χ4n) is 1.30.